The third-order valence-electron chi connectivity index (χ3n) is 4.43. The van der Waals surface area contributed by atoms with Crippen LogP contribution in [0.5, 0.6) is 0 Å². The number of carbonyl (C=O) groups excluding carboxylic acids is 1. The fourth-order valence-electron chi connectivity index (χ4n) is 3.22. The Morgan fingerprint density at radius 1 is 1.27 bits per heavy atom. The molecule has 1 atom stereocenters. The largest absolute Gasteiger partial charge is 0.444 e. The molecule has 1 unspecified atom stereocenters. The molecule has 128 valence electrons. The summed E-state index contributed by atoms with van der Waals surface area (Å²) < 4.78 is 10.9. The number of ether oxygens (including phenoxy) is 2. The van der Waals surface area contributed by atoms with E-state index in [0.29, 0.717) is 6.04 Å². The van der Waals surface area contributed by atoms with Crippen molar-refractivity contribution in [2.24, 2.45) is 5.92 Å². The Hall–Kier alpha value is -0.810. The summed E-state index contributed by atoms with van der Waals surface area (Å²) in [5, 5.41) is 3.56. The van der Waals surface area contributed by atoms with Crippen LogP contribution >= 0.6 is 0 Å². The molecular formula is C17H32N2O3. The molecule has 5 nitrogen and oxygen atoms in total. The summed E-state index contributed by atoms with van der Waals surface area (Å²) >= 11 is 0. The molecule has 1 N–H and O–H groups in total. The first-order chi connectivity index (χ1) is 10.5. The van der Waals surface area contributed by atoms with Crippen molar-refractivity contribution >= 4 is 6.09 Å². The minimum absolute atomic E-state index is 0.153. The molecule has 2 heterocycles. The lowest BCUT2D eigenvalue weighted by molar-refractivity contribution is 0.0220. The van der Waals surface area contributed by atoms with Gasteiger partial charge in [0.2, 0.25) is 0 Å². The maximum absolute atomic E-state index is 12.2. The molecule has 1 amide bonds. The zero-order valence-corrected chi connectivity index (χ0v) is 14.4. The van der Waals surface area contributed by atoms with Gasteiger partial charge < -0.3 is 19.7 Å². The van der Waals surface area contributed by atoms with Crippen LogP contribution in [0.15, 0.2) is 0 Å². The van der Waals surface area contributed by atoms with Crippen molar-refractivity contribution in [3.05, 3.63) is 0 Å². The standard InChI is InChI=1S/C17H32N2O3/c1-17(2,3)22-16(20)19-10-4-5-15(19)6-9-18-13-14-7-11-21-12-8-14/h14-15,18H,4-13H2,1-3H3. The van der Waals surface area contributed by atoms with Crippen molar-refractivity contribution in [2.75, 3.05) is 32.8 Å². The molecule has 2 saturated heterocycles. The second kappa shape index (κ2) is 8.16. The molecule has 2 fully saturated rings. The monoisotopic (exact) mass is 312 g/mol. The van der Waals surface area contributed by atoms with Crippen molar-refractivity contribution in [2.45, 2.75) is 64.5 Å². The van der Waals surface area contributed by atoms with Crippen LogP contribution in [0.2, 0.25) is 0 Å². The SMILES string of the molecule is CC(C)(C)OC(=O)N1CCCC1CCNCC1CCOCC1. The van der Waals surface area contributed by atoms with Crippen LogP contribution in [0.1, 0.15) is 52.9 Å². The molecule has 0 aromatic heterocycles. The van der Waals surface area contributed by atoms with E-state index in [4.69, 9.17) is 9.47 Å². The first-order valence-corrected chi connectivity index (χ1v) is 8.74. The molecule has 2 aliphatic rings. The molecule has 0 spiro atoms. The second-order valence-corrected chi connectivity index (χ2v) is 7.52. The number of nitrogens with zero attached hydrogens (tertiary/aromatic N) is 1. The predicted molar refractivity (Wildman–Crippen MR) is 87.0 cm³/mol. The lowest BCUT2D eigenvalue weighted by atomic mass is 10.0. The van der Waals surface area contributed by atoms with Gasteiger partial charge in [0.15, 0.2) is 0 Å². The fourth-order valence-corrected chi connectivity index (χ4v) is 3.22. The Balaban J connectivity index is 1.66. The first-order valence-electron chi connectivity index (χ1n) is 8.74. The molecule has 0 aromatic carbocycles. The summed E-state index contributed by atoms with van der Waals surface area (Å²) in [6.45, 7) is 10.5. The Labute approximate surface area is 134 Å². The molecule has 0 aliphatic carbocycles. The van der Waals surface area contributed by atoms with Crippen molar-refractivity contribution in [1.82, 2.24) is 10.2 Å². The van der Waals surface area contributed by atoms with Crippen LogP contribution in [0, 0.1) is 5.92 Å². The summed E-state index contributed by atoms with van der Waals surface area (Å²) in [6.07, 6.45) is 5.38. The predicted octanol–water partition coefficient (Wildman–Crippen LogP) is 2.79. The Kier molecular flexibility index (Phi) is 6.50. The van der Waals surface area contributed by atoms with Crippen LogP contribution in [-0.4, -0.2) is 55.5 Å². The third kappa shape index (κ3) is 5.76. The molecule has 0 aromatic rings. The van der Waals surface area contributed by atoms with Gasteiger partial charge in [-0.1, -0.05) is 0 Å². The molecule has 5 heteroatoms. The topological polar surface area (TPSA) is 50.8 Å². The van der Waals surface area contributed by atoms with E-state index in [1.165, 1.54) is 12.8 Å². The van der Waals surface area contributed by atoms with Crippen molar-refractivity contribution in [1.29, 1.82) is 0 Å². The summed E-state index contributed by atoms with van der Waals surface area (Å²) in [6, 6.07) is 0.331. The Morgan fingerprint density at radius 3 is 2.68 bits per heavy atom. The van der Waals surface area contributed by atoms with Gasteiger partial charge in [0.25, 0.3) is 0 Å². The van der Waals surface area contributed by atoms with E-state index in [1.54, 1.807) is 0 Å². The summed E-state index contributed by atoms with van der Waals surface area (Å²) in [4.78, 5) is 14.1. The quantitative estimate of drug-likeness (QED) is 0.793. The maximum Gasteiger partial charge on any atom is 0.410 e. The van der Waals surface area contributed by atoms with Crippen LogP contribution in [0.3, 0.4) is 0 Å². The number of rotatable bonds is 5. The van der Waals surface area contributed by atoms with E-state index >= 15 is 0 Å². The highest BCUT2D eigenvalue weighted by atomic mass is 16.6. The summed E-state index contributed by atoms with van der Waals surface area (Å²) in [7, 11) is 0. The van der Waals surface area contributed by atoms with Crippen molar-refractivity contribution in [3.63, 3.8) is 0 Å². The van der Waals surface area contributed by atoms with Crippen LogP contribution in [0.4, 0.5) is 4.79 Å². The van der Waals surface area contributed by atoms with Gasteiger partial charge in [-0.15, -0.1) is 0 Å². The van der Waals surface area contributed by atoms with Gasteiger partial charge in [-0.05, 0) is 71.9 Å². The highest BCUT2D eigenvalue weighted by Gasteiger charge is 2.31. The maximum atomic E-state index is 12.2. The zero-order valence-electron chi connectivity index (χ0n) is 14.4. The highest BCUT2D eigenvalue weighted by molar-refractivity contribution is 5.68. The van der Waals surface area contributed by atoms with Gasteiger partial charge in [0, 0.05) is 25.8 Å². The van der Waals surface area contributed by atoms with Crippen LogP contribution < -0.4 is 5.32 Å². The fraction of sp³-hybridized carbons (Fsp3) is 0.941. The van der Waals surface area contributed by atoms with Gasteiger partial charge in [0.05, 0.1) is 0 Å². The minimum Gasteiger partial charge on any atom is -0.444 e. The van der Waals surface area contributed by atoms with Gasteiger partial charge in [0.1, 0.15) is 5.60 Å². The Morgan fingerprint density at radius 2 is 2.00 bits per heavy atom. The van der Waals surface area contributed by atoms with E-state index in [1.807, 2.05) is 25.7 Å². The second-order valence-electron chi connectivity index (χ2n) is 7.52. The van der Waals surface area contributed by atoms with Crippen molar-refractivity contribution < 1.29 is 14.3 Å². The molecule has 2 aliphatic heterocycles. The van der Waals surface area contributed by atoms with E-state index in [9.17, 15) is 4.79 Å². The zero-order chi connectivity index (χ0) is 16.0. The van der Waals surface area contributed by atoms with Gasteiger partial charge in [-0.2, -0.15) is 0 Å². The normalized spacial score (nSPS) is 23.8. The third-order valence-corrected chi connectivity index (χ3v) is 4.43. The van der Waals surface area contributed by atoms with Crippen molar-refractivity contribution in [3.8, 4) is 0 Å². The smallest absolute Gasteiger partial charge is 0.410 e. The van der Waals surface area contributed by atoms with Gasteiger partial charge in [-0.25, -0.2) is 4.79 Å². The van der Waals surface area contributed by atoms with E-state index in [0.717, 1.165) is 58.0 Å². The highest BCUT2D eigenvalue weighted by Crippen LogP contribution is 2.22. The molecule has 0 bridgehead atoms. The van der Waals surface area contributed by atoms with E-state index in [-0.39, 0.29) is 6.09 Å². The van der Waals surface area contributed by atoms with E-state index < -0.39 is 5.60 Å². The number of likely N-dealkylation sites (tertiary alicyclic amines) is 1. The summed E-state index contributed by atoms with van der Waals surface area (Å²) in [5.74, 6) is 0.749. The molecule has 0 radical (unpaired) electrons. The lowest BCUT2D eigenvalue weighted by Crippen LogP contribution is -2.41. The number of amides is 1. The van der Waals surface area contributed by atoms with Gasteiger partial charge >= 0.3 is 6.09 Å². The van der Waals surface area contributed by atoms with Crippen LogP contribution in [-0.2, 0) is 9.47 Å². The molecule has 2 rings (SSSR count). The lowest BCUT2D eigenvalue weighted by Gasteiger charge is -2.29. The number of nitrogens with one attached hydrogen (secondary N) is 1. The first kappa shape index (κ1) is 17.5. The number of hydrogen-bond acceptors (Lipinski definition) is 4. The number of carbonyl (C=O) groups is 1. The minimum atomic E-state index is -0.411. The summed E-state index contributed by atoms with van der Waals surface area (Å²) in [5.41, 5.74) is -0.411. The molecular weight excluding hydrogens is 280 g/mol. The van der Waals surface area contributed by atoms with E-state index in [2.05, 4.69) is 5.32 Å². The molecule has 0 saturated carbocycles. The molecule has 22 heavy (non-hydrogen) atoms. The van der Waals surface area contributed by atoms with Crippen LogP contribution in [0.25, 0.3) is 0 Å². The average molecular weight is 312 g/mol. The van der Waals surface area contributed by atoms with Gasteiger partial charge in [-0.3, -0.25) is 0 Å². The number of hydrogen-bond donors (Lipinski definition) is 1. The Bertz CT molecular complexity index is 348. The average Bonchev–Trinajstić information content (AvgIpc) is 2.91.